The van der Waals surface area contributed by atoms with Gasteiger partial charge in [0.25, 0.3) is 5.56 Å². The number of hydrogen-bond acceptors (Lipinski definition) is 7. The van der Waals surface area contributed by atoms with E-state index in [9.17, 15) is 13.2 Å². The molecule has 9 heteroatoms. The van der Waals surface area contributed by atoms with Crippen molar-refractivity contribution in [1.82, 2.24) is 14.5 Å². The molecular weight excluding hydrogens is 468 g/mol. The number of aromatic nitrogens is 2. The summed E-state index contributed by atoms with van der Waals surface area (Å²) in [7, 11) is -0.968. The first kappa shape index (κ1) is 23.1. The second-order valence-electron chi connectivity index (χ2n) is 9.30. The maximum absolute atomic E-state index is 13.1. The third-order valence-electron chi connectivity index (χ3n) is 6.51. The topological polar surface area (TPSA) is 75.5 Å². The molecule has 5 rings (SSSR count). The minimum atomic E-state index is -2.96. The summed E-state index contributed by atoms with van der Waals surface area (Å²) in [5, 5.41) is 0. The van der Waals surface area contributed by atoms with Crippen LogP contribution in [0.4, 0.5) is 5.69 Å². The summed E-state index contributed by atoms with van der Waals surface area (Å²) >= 11 is 1.41. The van der Waals surface area contributed by atoms with E-state index in [4.69, 9.17) is 0 Å². The minimum absolute atomic E-state index is 0.0732. The van der Waals surface area contributed by atoms with Gasteiger partial charge in [-0.05, 0) is 56.6 Å². The van der Waals surface area contributed by atoms with Gasteiger partial charge >= 0.3 is 0 Å². The fourth-order valence-electron chi connectivity index (χ4n) is 4.21. The Balaban J connectivity index is 1.29. The highest BCUT2D eigenvalue weighted by atomic mass is 32.2. The zero-order valence-electron chi connectivity index (χ0n) is 19.4. The van der Waals surface area contributed by atoms with Crippen LogP contribution >= 0.6 is 11.3 Å². The summed E-state index contributed by atoms with van der Waals surface area (Å²) in [5.41, 5.74) is 2.50. The van der Waals surface area contributed by atoms with Crippen LogP contribution in [0.1, 0.15) is 24.1 Å². The molecule has 3 heterocycles. The van der Waals surface area contributed by atoms with Crippen molar-refractivity contribution in [3.8, 4) is 17.5 Å². The Bertz CT molecular complexity index is 1430. The summed E-state index contributed by atoms with van der Waals surface area (Å²) in [5.74, 6) is 7.14. The lowest BCUT2D eigenvalue weighted by Crippen LogP contribution is -2.37. The summed E-state index contributed by atoms with van der Waals surface area (Å²) in [6.07, 6.45) is 6.22. The van der Waals surface area contributed by atoms with E-state index in [1.807, 2.05) is 37.4 Å². The molecular formula is C25H28N4O3S2. The molecule has 0 amide bonds. The van der Waals surface area contributed by atoms with Crippen molar-refractivity contribution in [2.75, 3.05) is 43.6 Å². The highest BCUT2D eigenvalue weighted by Gasteiger charge is 2.26. The second kappa shape index (κ2) is 9.17. The lowest BCUT2D eigenvalue weighted by atomic mass is 10.2. The maximum atomic E-state index is 13.1. The molecule has 0 unspecified atom stereocenters. The number of thiophene rings is 1. The predicted octanol–water partition coefficient (Wildman–Crippen LogP) is 2.76. The van der Waals surface area contributed by atoms with Gasteiger partial charge in [-0.15, -0.1) is 11.3 Å². The first-order valence-corrected chi connectivity index (χ1v) is 14.4. The lowest BCUT2D eigenvalue weighted by Gasteiger charge is -2.25. The molecule has 1 aromatic carbocycles. The molecule has 0 radical (unpaired) electrons. The van der Waals surface area contributed by atoms with E-state index in [1.165, 1.54) is 30.4 Å². The van der Waals surface area contributed by atoms with Crippen LogP contribution in [0.2, 0.25) is 0 Å². The van der Waals surface area contributed by atoms with Gasteiger partial charge in [-0.2, -0.15) is 0 Å². The molecule has 1 saturated heterocycles. The molecule has 0 N–H and O–H groups in total. The first-order chi connectivity index (χ1) is 16.3. The van der Waals surface area contributed by atoms with Gasteiger partial charge in [-0.3, -0.25) is 9.36 Å². The zero-order valence-corrected chi connectivity index (χ0v) is 21.0. The molecule has 178 valence electrons. The van der Waals surface area contributed by atoms with E-state index in [2.05, 4.69) is 26.6 Å². The predicted molar refractivity (Wildman–Crippen MR) is 138 cm³/mol. The van der Waals surface area contributed by atoms with E-state index < -0.39 is 9.84 Å². The van der Waals surface area contributed by atoms with Gasteiger partial charge in [0.2, 0.25) is 0 Å². The molecule has 1 aliphatic heterocycles. The third-order valence-corrected chi connectivity index (χ3v) is 8.46. The monoisotopic (exact) mass is 496 g/mol. The second-order valence-corrected chi connectivity index (χ2v) is 12.6. The van der Waals surface area contributed by atoms with Gasteiger partial charge in [-0.1, -0.05) is 11.8 Å². The van der Waals surface area contributed by atoms with Crippen molar-refractivity contribution in [1.29, 1.82) is 0 Å². The van der Waals surface area contributed by atoms with Crippen molar-refractivity contribution in [2.45, 2.75) is 25.3 Å². The highest BCUT2D eigenvalue weighted by Crippen LogP contribution is 2.28. The summed E-state index contributed by atoms with van der Waals surface area (Å²) in [6, 6.07) is 10.2. The van der Waals surface area contributed by atoms with Crippen LogP contribution in [0.15, 0.2) is 41.5 Å². The molecule has 2 fully saturated rings. The van der Waals surface area contributed by atoms with Gasteiger partial charge in [0.05, 0.1) is 21.8 Å². The Morgan fingerprint density at radius 3 is 2.62 bits per heavy atom. The van der Waals surface area contributed by atoms with Gasteiger partial charge in [-0.25, -0.2) is 13.4 Å². The SMILES string of the molecule is CN(CCS(C)(=O)=O)[C@@H]1CCN(c2ccc(-n3cnc4cc(C#CC5CC5)sc4c3=O)cc2)C1. The normalized spacial score (nSPS) is 18.4. The van der Waals surface area contributed by atoms with Crippen LogP contribution in [0.3, 0.4) is 0 Å². The maximum Gasteiger partial charge on any atom is 0.275 e. The first-order valence-electron chi connectivity index (χ1n) is 11.5. The third kappa shape index (κ3) is 5.19. The van der Waals surface area contributed by atoms with Crippen molar-refractivity contribution in [3.05, 3.63) is 51.9 Å². The number of nitrogens with zero attached hydrogens (tertiary/aromatic N) is 4. The molecule has 1 saturated carbocycles. The average molecular weight is 497 g/mol. The minimum Gasteiger partial charge on any atom is -0.370 e. The molecule has 1 atom stereocenters. The number of sulfone groups is 1. The summed E-state index contributed by atoms with van der Waals surface area (Å²) in [6.45, 7) is 2.32. The Morgan fingerprint density at radius 2 is 1.91 bits per heavy atom. The summed E-state index contributed by atoms with van der Waals surface area (Å²) in [4.78, 5) is 22.9. The molecule has 2 aromatic heterocycles. The van der Waals surface area contributed by atoms with E-state index in [0.717, 1.165) is 35.8 Å². The van der Waals surface area contributed by atoms with E-state index in [-0.39, 0.29) is 11.3 Å². The van der Waals surface area contributed by atoms with Crippen LogP contribution in [-0.2, 0) is 9.84 Å². The Morgan fingerprint density at radius 1 is 1.18 bits per heavy atom. The number of fused-ring (bicyclic) bond motifs is 1. The van der Waals surface area contributed by atoms with Gasteiger partial charge in [0, 0.05) is 43.5 Å². The molecule has 2 aliphatic rings. The quantitative estimate of drug-likeness (QED) is 0.489. The number of hydrogen-bond donors (Lipinski definition) is 0. The number of anilines is 1. The number of likely N-dealkylation sites (N-methyl/N-ethyl adjacent to an activating group) is 1. The van der Waals surface area contributed by atoms with Crippen molar-refractivity contribution in [3.63, 3.8) is 0 Å². The smallest absolute Gasteiger partial charge is 0.275 e. The van der Waals surface area contributed by atoms with E-state index >= 15 is 0 Å². The van der Waals surface area contributed by atoms with Gasteiger partial charge < -0.3 is 9.80 Å². The number of rotatable bonds is 6. The lowest BCUT2D eigenvalue weighted by molar-refractivity contribution is 0.273. The molecule has 0 bridgehead atoms. The molecule has 1 aliphatic carbocycles. The zero-order chi connectivity index (χ0) is 23.9. The Labute approximate surface area is 203 Å². The fraction of sp³-hybridized carbons (Fsp3) is 0.440. The van der Waals surface area contributed by atoms with Crippen LogP contribution in [0.25, 0.3) is 15.9 Å². The fourth-order valence-corrected chi connectivity index (χ4v) is 5.73. The van der Waals surface area contributed by atoms with Gasteiger partial charge in [0.1, 0.15) is 20.9 Å². The number of benzene rings is 1. The van der Waals surface area contributed by atoms with Crippen molar-refractivity contribution in [2.24, 2.45) is 5.92 Å². The Kier molecular flexibility index (Phi) is 6.23. The Hall–Kier alpha value is -2.67. The standard InChI is InChI=1S/C25H28N4O3S2/c1-27(13-14-34(2,31)32)21-11-12-28(16-21)19-6-8-20(9-7-19)29-17-26-23-15-22(10-5-18-3-4-18)33-24(23)25(29)30/h6-9,15,17-18,21H,3-4,11-14,16H2,1-2H3/t21-/m1/s1. The van der Waals surface area contributed by atoms with Crippen molar-refractivity contribution >= 4 is 37.1 Å². The van der Waals surface area contributed by atoms with Crippen LogP contribution < -0.4 is 10.5 Å². The molecule has 34 heavy (non-hydrogen) atoms. The van der Waals surface area contributed by atoms with E-state index in [1.54, 1.807) is 10.9 Å². The highest BCUT2D eigenvalue weighted by molar-refractivity contribution is 7.90. The van der Waals surface area contributed by atoms with Crippen molar-refractivity contribution < 1.29 is 8.42 Å². The average Bonchev–Trinajstić information content (AvgIpc) is 3.33. The summed E-state index contributed by atoms with van der Waals surface area (Å²) < 4.78 is 25.2. The molecule has 0 spiro atoms. The van der Waals surface area contributed by atoms with Crippen LogP contribution in [0.5, 0.6) is 0 Å². The largest absolute Gasteiger partial charge is 0.370 e. The molecule has 3 aromatic rings. The molecule has 7 nitrogen and oxygen atoms in total. The van der Waals surface area contributed by atoms with Gasteiger partial charge in [0.15, 0.2) is 0 Å². The van der Waals surface area contributed by atoms with Crippen LogP contribution in [0, 0.1) is 17.8 Å². The van der Waals surface area contributed by atoms with E-state index in [0.29, 0.717) is 28.7 Å². The van der Waals surface area contributed by atoms with Crippen LogP contribution in [-0.4, -0.2) is 67.6 Å².